The van der Waals surface area contributed by atoms with Crippen LogP contribution in [0.15, 0.2) is 48.5 Å². The van der Waals surface area contributed by atoms with Gasteiger partial charge in [0, 0.05) is 24.7 Å². The summed E-state index contributed by atoms with van der Waals surface area (Å²) < 4.78 is 10.1. The van der Waals surface area contributed by atoms with Crippen molar-refractivity contribution in [3.63, 3.8) is 0 Å². The zero-order chi connectivity index (χ0) is 19.6. The molecule has 0 bridgehead atoms. The van der Waals surface area contributed by atoms with E-state index in [1.54, 1.807) is 31.4 Å². The Bertz CT molecular complexity index is 785. The first-order chi connectivity index (χ1) is 13.0. The number of anilines is 2. The molecule has 0 fully saturated rings. The van der Waals surface area contributed by atoms with Crippen molar-refractivity contribution in [2.24, 2.45) is 0 Å². The Balaban J connectivity index is 1.71. The van der Waals surface area contributed by atoms with Gasteiger partial charge < -0.3 is 20.1 Å². The summed E-state index contributed by atoms with van der Waals surface area (Å²) in [5, 5.41) is 5.25. The fourth-order valence-corrected chi connectivity index (χ4v) is 2.29. The molecule has 0 aliphatic rings. The highest BCUT2D eigenvalue weighted by Crippen LogP contribution is 2.14. The van der Waals surface area contributed by atoms with Crippen LogP contribution in [-0.4, -0.2) is 31.5 Å². The van der Waals surface area contributed by atoms with Gasteiger partial charge in [-0.2, -0.15) is 0 Å². The summed E-state index contributed by atoms with van der Waals surface area (Å²) in [4.78, 5) is 34.6. The molecule has 2 aromatic carbocycles. The minimum absolute atomic E-state index is 0.173. The monoisotopic (exact) mass is 370 g/mol. The Kier molecular flexibility index (Phi) is 7.37. The van der Waals surface area contributed by atoms with Gasteiger partial charge >= 0.3 is 5.97 Å². The quantitative estimate of drug-likeness (QED) is 0.697. The number of carbonyl (C=O) groups excluding carboxylic acids is 3. The number of nitrogens with one attached hydrogen (secondary N) is 2. The van der Waals surface area contributed by atoms with E-state index >= 15 is 0 Å². The van der Waals surface area contributed by atoms with Crippen molar-refractivity contribution in [3.05, 3.63) is 54.1 Å². The van der Waals surface area contributed by atoms with Gasteiger partial charge in [0.2, 0.25) is 5.91 Å². The molecular formula is C20H22N2O5. The second-order valence-electron chi connectivity index (χ2n) is 5.82. The summed E-state index contributed by atoms with van der Waals surface area (Å²) >= 11 is 0. The molecule has 2 amide bonds. The van der Waals surface area contributed by atoms with Gasteiger partial charge in [-0.1, -0.05) is 12.1 Å². The zero-order valence-electron chi connectivity index (χ0n) is 15.3. The minimum atomic E-state index is -0.443. The van der Waals surface area contributed by atoms with Crippen molar-refractivity contribution in [3.8, 4) is 5.75 Å². The first-order valence-corrected chi connectivity index (χ1v) is 8.42. The fraction of sp³-hybridized carbons (Fsp3) is 0.250. The first kappa shape index (κ1) is 20.0. The van der Waals surface area contributed by atoms with Gasteiger partial charge in [-0.3, -0.25) is 14.4 Å². The molecule has 0 saturated heterocycles. The molecule has 0 saturated carbocycles. The van der Waals surface area contributed by atoms with Crippen LogP contribution in [0.1, 0.15) is 18.9 Å². The highest BCUT2D eigenvalue weighted by molar-refractivity contribution is 5.93. The van der Waals surface area contributed by atoms with Gasteiger partial charge in [0.15, 0.2) is 6.61 Å². The van der Waals surface area contributed by atoms with Crippen molar-refractivity contribution in [2.45, 2.75) is 19.8 Å². The molecule has 0 spiro atoms. The van der Waals surface area contributed by atoms with Gasteiger partial charge in [-0.15, -0.1) is 0 Å². The Morgan fingerprint density at radius 1 is 0.889 bits per heavy atom. The molecule has 0 heterocycles. The van der Waals surface area contributed by atoms with Crippen LogP contribution in [0, 0.1) is 0 Å². The Labute approximate surface area is 157 Å². The number of methoxy groups -OCH3 is 1. The van der Waals surface area contributed by atoms with Crippen molar-refractivity contribution >= 4 is 29.2 Å². The van der Waals surface area contributed by atoms with E-state index in [1.807, 2.05) is 24.3 Å². The van der Waals surface area contributed by atoms with Gasteiger partial charge in [0.1, 0.15) is 5.75 Å². The second kappa shape index (κ2) is 9.96. The van der Waals surface area contributed by atoms with Crippen LogP contribution in [0.25, 0.3) is 0 Å². The number of hydrogen-bond acceptors (Lipinski definition) is 5. The van der Waals surface area contributed by atoms with Crippen molar-refractivity contribution in [1.82, 2.24) is 0 Å². The predicted molar refractivity (Wildman–Crippen MR) is 102 cm³/mol. The number of esters is 1. The van der Waals surface area contributed by atoms with Gasteiger partial charge in [0.05, 0.1) is 7.11 Å². The number of benzene rings is 2. The second-order valence-corrected chi connectivity index (χ2v) is 5.82. The van der Waals surface area contributed by atoms with Crippen molar-refractivity contribution in [2.75, 3.05) is 24.4 Å². The van der Waals surface area contributed by atoms with Crippen LogP contribution in [0.4, 0.5) is 11.4 Å². The number of hydrogen-bond donors (Lipinski definition) is 2. The van der Waals surface area contributed by atoms with E-state index in [9.17, 15) is 14.4 Å². The van der Waals surface area contributed by atoms with Crippen LogP contribution in [0.2, 0.25) is 0 Å². The minimum Gasteiger partial charge on any atom is -0.497 e. The lowest BCUT2D eigenvalue weighted by molar-refractivity contribution is -0.147. The summed E-state index contributed by atoms with van der Waals surface area (Å²) in [5.41, 5.74) is 2.16. The molecule has 7 heteroatoms. The number of ether oxygens (including phenoxy) is 2. The molecule has 0 aromatic heterocycles. The Morgan fingerprint density at radius 2 is 1.48 bits per heavy atom. The van der Waals surface area contributed by atoms with Gasteiger partial charge in [-0.25, -0.2) is 0 Å². The van der Waals surface area contributed by atoms with Gasteiger partial charge in [0.25, 0.3) is 5.91 Å². The molecule has 2 N–H and O–H groups in total. The lowest BCUT2D eigenvalue weighted by atomic mass is 10.1. The summed E-state index contributed by atoms with van der Waals surface area (Å²) in [6.45, 7) is 1.06. The van der Waals surface area contributed by atoms with Crippen molar-refractivity contribution in [1.29, 1.82) is 0 Å². The van der Waals surface area contributed by atoms with Gasteiger partial charge in [-0.05, 0) is 48.4 Å². The normalized spacial score (nSPS) is 10.0. The number of aryl methyl sites for hydroxylation is 1. The predicted octanol–water partition coefficient (Wildman–Crippen LogP) is 2.77. The molecular weight excluding hydrogens is 348 g/mol. The molecule has 0 aliphatic heterocycles. The maximum atomic E-state index is 11.9. The summed E-state index contributed by atoms with van der Waals surface area (Å²) in [7, 11) is 1.59. The molecule has 2 aromatic rings. The summed E-state index contributed by atoms with van der Waals surface area (Å²) in [6, 6.07) is 14.0. The third-order valence-corrected chi connectivity index (χ3v) is 3.63. The highest BCUT2D eigenvalue weighted by atomic mass is 16.5. The van der Waals surface area contributed by atoms with E-state index in [0.29, 0.717) is 17.8 Å². The lowest BCUT2D eigenvalue weighted by Gasteiger charge is -2.08. The molecule has 142 valence electrons. The van der Waals surface area contributed by atoms with Crippen molar-refractivity contribution < 1.29 is 23.9 Å². The number of carbonyl (C=O) groups is 3. The molecule has 27 heavy (non-hydrogen) atoms. The third-order valence-electron chi connectivity index (χ3n) is 3.63. The average molecular weight is 370 g/mol. The SMILES string of the molecule is COc1ccc(CCC(=O)OCC(=O)Nc2ccc(NC(C)=O)cc2)cc1. The zero-order valence-corrected chi connectivity index (χ0v) is 15.3. The molecule has 7 nitrogen and oxygen atoms in total. The maximum absolute atomic E-state index is 11.9. The number of amides is 2. The van der Waals surface area contributed by atoms with E-state index in [-0.39, 0.29) is 18.9 Å². The maximum Gasteiger partial charge on any atom is 0.306 e. The van der Waals surface area contributed by atoms with E-state index < -0.39 is 11.9 Å². The van der Waals surface area contributed by atoms with Crippen LogP contribution >= 0.6 is 0 Å². The van der Waals surface area contributed by atoms with E-state index in [4.69, 9.17) is 9.47 Å². The molecule has 0 unspecified atom stereocenters. The highest BCUT2D eigenvalue weighted by Gasteiger charge is 2.09. The summed E-state index contributed by atoms with van der Waals surface area (Å²) in [6.07, 6.45) is 0.708. The van der Waals surface area contributed by atoms with Crippen LogP contribution in [0.5, 0.6) is 5.75 Å². The lowest BCUT2D eigenvalue weighted by Crippen LogP contribution is -2.21. The first-order valence-electron chi connectivity index (χ1n) is 8.42. The number of rotatable bonds is 8. The Morgan fingerprint density at radius 3 is 2.04 bits per heavy atom. The largest absolute Gasteiger partial charge is 0.497 e. The van der Waals surface area contributed by atoms with E-state index in [1.165, 1.54) is 6.92 Å². The molecule has 0 atom stereocenters. The molecule has 2 rings (SSSR count). The van der Waals surface area contributed by atoms with E-state index in [2.05, 4.69) is 10.6 Å². The third kappa shape index (κ3) is 7.19. The van der Waals surface area contributed by atoms with E-state index in [0.717, 1.165) is 11.3 Å². The summed E-state index contributed by atoms with van der Waals surface area (Å²) in [5.74, 6) is -0.293. The molecule has 0 radical (unpaired) electrons. The smallest absolute Gasteiger partial charge is 0.306 e. The average Bonchev–Trinajstić information content (AvgIpc) is 2.66. The standard InChI is InChI=1S/C20H22N2O5/c1-14(23)21-16-6-8-17(9-7-16)22-19(24)13-27-20(25)12-5-15-3-10-18(26-2)11-4-15/h3-4,6-11H,5,12-13H2,1-2H3,(H,21,23)(H,22,24). The van der Waals surface area contributed by atoms with Crippen LogP contribution < -0.4 is 15.4 Å². The van der Waals surface area contributed by atoms with Crippen LogP contribution in [-0.2, 0) is 25.5 Å². The topological polar surface area (TPSA) is 93.7 Å². The molecule has 0 aliphatic carbocycles. The Hall–Kier alpha value is -3.35. The van der Waals surface area contributed by atoms with Crippen LogP contribution in [0.3, 0.4) is 0 Å². The fourth-order valence-electron chi connectivity index (χ4n) is 2.29.